The first-order chi connectivity index (χ1) is 7.45. The van der Waals surface area contributed by atoms with Crippen LogP contribution in [0.4, 0.5) is 15.8 Å². The van der Waals surface area contributed by atoms with E-state index in [1.54, 1.807) is 13.0 Å². The molecule has 1 rings (SSSR count). The summed E-state index contributed by atoms with van der Waals surface area (Å²) < 4.78 is 13.2. The highest BCUT2D eigenvalue weighted by atomic mass is 19.1. The quantitative estimate of drug-likeness (QED) is 0.689. The van der Waals surface area contributed by atoms with Crippen LogP contribution in [0.3, 0.4) is 0 Å². The number of anilines is 2. The molecular formula is C12H19FN2O. The standard InChI is InChI=1S/C12H19FN2O/c1-7-4-12(11(14)5-10(7)13)15-9(3)8(2)6-16/h4-5,8-9,15-16H,6,14H2,1-3H3. The number of rotatable bonds is 4. The monoisotopic (exact) mass is 226 g/mol. The molecule has 0 spiro atoms. The van der Waals surface area contributed by atoms with Crippen molar-refractivity contribution in [1.82, 2.24) is 0 Å². The maximum Gasteiger partial charge on any atom is 0.128 e. The lowest BCUT2D eigenvalue weighted by atomic mass is 10.0. The average molecular weight is 226 g/mol. The molecule has 1 aromatic rings. The van der Waals surface area contributed by atoms with Crippen LogP contribution in [0, 0.1) is 18.7 Å². The second-order valence-electron chi connectivity index (χ2n) is 4.28. The number of nitrogen functional groups attached to an aromatic ring is 1. The van der Waals surface area contributed by atoms with E-state index in [1.165, 1.54) is 6.07 Å². The molecule has 0 heterocycles. The smallest absolute Gasteiger partial charge is 0.128 e. The fourth-order valence-electron chi connectivity index (χ4n) is 1.37. The summed E-state index contributed by atoms with van der Waals surface area (Å²) in [5.74, 6) is -0.185. The number of aliphatic hydroxyl groups is 1. The van der Waals surface area contributed by atoms with Crippen LogP contribution in [0.1, 0.15) is 19.4 Å². The lowest BCUT2D eigenvalue weighted by Gasteiger charge is -2.22. The minimum atomic E-state index is -0.300. The van der Waals surface area contributed by atoms with E-state index in [2.05, 4.69) is 5.32 Å². The van der Waals surface area contributed by atoms with Crippen molar-refractivity contribution in [3.63, 3.8) is 0 Å². The zero-order valence-electron chi connectivity index (χ0n) is 9.92. The van der Waals surface area contributed by atoms with Crippen molar-refractivity contribution >= 4 is 11.4 Å². The Kier molecular flexibility index (Phi) is 4.12. The predicted molar refractivity (Wildman–Crippen MR) is 64.9 cm³/mol. The van der Waals surface area contributed by atoms with Crippen molar-refractivity contribution < 1.29 is 9.50 Å². The van der Waals surface area contributed by atoms with Crippen LogP contribution in [-0.4, -0.2) is 17.8 Å². The molecule has 0 aromatic heterocycles. The van der Waals surface area contributed by atoms with Gasteiger partial charge in [0.15, 0.2) is 0 Å². The van der Waals surface area contributed by atoms with Crippen molar-refractivity contribution in [3.8, 4) is 0 Å². The van der Waals surface area contributed by atoms with Gasteiger partial charge in [-0.3, -0.25) is 0 Å². The van der Waals surface area contributed by atoms with Gasteiger partial charge in [-0.2, -0.15) is 0 Å². The van der Waals surface area contributed by atoms with Crippen LogP contribution in [0.2, 0.25) is 0 Å². The Balaban J connectivity index is 2.85. The third-order valence-corrected chi connectivity index (χ3v) is 2.86. The number of benzene rings is 1. The molecule has 0 radical (unpaired) electrons. The maximum atomic E-state index is 13.2. The van der Waals surface area contributed by atoms with E-state index in [0.717, 1.165) is 0 Å². The molecule has 0 fully saturated rings. The van der Waals surface area contributed by atoms with Gasteiger partial charge in [-0.05, 0) is 37.5 Å². The molecule has 4 N–H and O–H groups in total. The molecule has 0 saturated heterocycles. The fourth-order valence-corrected chi connectivity index (χ4v) is 1.37. The van der Waals surface area contributed by atoms with E-state index in [0.29, 0.717) is 16.9 Å². The predicted octanol–water partition coefficient (Wildman–Crippen LogP) is 2.15. The zero-order chi connectivity index (χ0) is 12.3. The second kappa shape index (κ2) is 5.16. The summed E-state index contributed by atoms with van der Waals surface area (Å²) in [5, 5.41) is 12.2. The molecule has 0 amide bonds. The molecule has 90 valence electrons. The minimum Gasteiger partial charge on any atom is -0.397 e. The molecule has 0 aliphatic carbocycles. The van der Waals surface area contributed by atoms with Crippen molar-refractivity contribution in [2.24, 2.45) is 5.92 Å². The first-order valence-corrected chi connectivity index (χ1v) is 5.38. The van der Waals surface area contributed by atoms with Gasteiger partial charge in [-0.15, -0.1) is 0 Å². The van der Waals surface area contributed by atoms with Gasteiger partial charge in [-0.25, -0.2) is 4.39 Å². The number of nitrogens with one attached hydrogen (secondary N) is 1. The van der Waals surface area contributed by atoms with Crippen molar-refractivity contribution in [1.29, 1.82) is 0 Å². The number of hydrogen-bond acceptors (Lipinski definition) is 3. The molecule has 2 atom stereocenters. The Bertz CT molecular complexity index is 368. The maximum absolute atomic E-state index is 13.2. The largest absolute Gasteiger partial charge is 0.397 e. The summed E-state index contributed by atoms with van der Waals surface area (Å²) in [6.07, 6.45) is 0. The zero-order valence-corrected chi connectivity index (χ0v) is 9.92. The van der Waals surface area contributed by atoms with Gasteiger partial charge in [0.2, 0.25) is 0 Å². The van der Waals surface area contributed by atoms with E-state index in [-0.39, 0.29) is 24.4 Å². The Morgan fingerprint density at radius 2 is 2.06 bits per heavy atom. The summed E-state index contributed by atoms with van der Waals surface area (Å²) in [6, 6.07) is 3.08. The van der Waals surface area contributed by atoms with E-state index in [1.807, 2.05) is 13.8 Å². The third kappa shape index (κ3) is 2.85. The lowest BCUT2D eigenvalue weighted by Crippen LogP contribution is -2.26. The summed E-state index contributed by atoms with van der Waals surface area (Å²) in [7, 11) is 0. The number of halogens is 1. The Hall–Kier alpha value is -1.29. The van der Waals surface area contributed by atoms with Gasteiger partial charge in [0, 0.05) is 12.6 Å². The van der Waals surface area contributed by atoms with Crippen LogP contribution in [0.15, 0.2) is 12.1 Å². The van der Waals surface area contributed by atoms with Gasteiger partial charge in [0.25, 0.3) is 0 Å². The lowest BCUT2D eigenvalue weighted by molar-refractivity contribution is 0.226. The van der Waals surface area contributed by atoms with Crippen molar-refractivity contribution in [3.05, 3.63) is 23.5 Å². The normalized spacial score (nSPS) is 14.6. The molecule has 3 nitrogen and oxygen atoms in total. The number of nitrogens with two attached hydrogens (primary N) is 1. The summed E-state index contributed by atoms with van der Waals surface area (Å²) in [6.45, 7) is 5.69. The van der Waals surface area contributed by atoms with Gasteiger partial charge in [0.05, 0.1) is 11.4 Å². The number of aliphatic hydroxyl groups excluding tert-OH is 1. The summed E-state index contributed by atoms with van der Waals surface area (Å²) in [4.78, 5) is 0. The fraction of sp³-hybridized carbons (Fsp3) is 0.500. The van der Waals surface area contributed by atoms with Crippen molar-refractivity contribution in [2.45, 2.75) is 26.8 Å². The topological polar surface area (TPSA) is 58.3 Å². The minimum absolute atomic E-state index is 0.0807. The Morgan fingerprint density at radius 1 is 1.44 bits per heavy atom. The van der Waals surface area contributed by atoms with Crippen molar-refractivity contribution in [2.75, 3.05) is 17.7 Å². The van der Waals surface area contributed by atoms with Crippen LogP contribution in [0.25, 0.3) is 0 Å². The molecule has 0 saturated carbocycles. The van der Waals surface area contributed by atoms with E-state index in [9.17, 15) is 4.39 Å². The SMILES string of the molecule is Cc1cc(NC(C)C(C)CO)c(N)cc1F. The van der Waals surface area contributed by atoms with E-state index >= 15 is 0 Å². The molecule has 2 unspecified atom stereocenters. The molecule has 4 heteroatoms. The first kappa shape index (κ1) is 12.8. The average Bonchev–Trinajstić information content (AvgIpc) is 2.24. The van der Waals surface area contributed by atoms with Gasteiger partial charge in [-0.1, -0.05) is 6.92 Å². The van der Waals surface area contributed by atoms with Gasteiger partial charge < -0.3 is 16.2 Å². The van der Waals surface area contributed by atoms with Crippen LogP contribution < -0.4 is 11.1 Å². The Labute approximate surface area is 95.5 Å². The van der Waals surface area contributed by atoms with Gasteiger partial charge >= 0.3 is 0 Å². The highest BCUT2D eigenvalue weighted by Crippen LogP contribution is 2.24. The molecule has 16 heavy (non-hydrogen) atoms. The molecule has 0 aliphatic heterocycles. The molecule has 1 aromatic carbocycles. The van der Waals surface area contributed by atoms with Gasteiger partial charge in [0.1, 0.15) is 5.82 Å². The number of aryl methyl sites for hydroxylation is 1. The second-order valence-corrected chi connectivity index (χ2v) is 4.28. The summed E-state index contributed by atoms with van der Waals surface area (Å²) in [5.41, 5.74) is 7.37. The highest BCUT2D eigenvalue weighted by Gasteiger charge is 2.13. The van der Waals surface area contributed by atoms with Crippen LogP contribution in [0.5, 0.6) is 0 Å². The summed E-state index contributed by atoms with van der Waals surface area (Å²) >= 11 is 0. The Morgan fingerprint density at radius 3 is 2.62 bits per heavy atom. The molecule has 0 aliphatic rings. The molecule has 0 bridgehead atoms. The first-order valence-electron chi connectivity index (χ1n) is 5.38. The van der Waals surface area contributed by atoms with E-state index in [4.69, 9.17) is 10.8 Å². The van der Waals surface area contributed by atoms with Crippen LogP contribution in [-0.2, 0) is 0 Å². The molecular weight excluding hydrogens is 207 g/mol. The highest BCUT2D eigenvalue weighted by molar-refractivity contribution is 5.67. The number of hydrogen-bond donors (Lipinski definition) is 3. The van der Waals surface area contributed by atoms with Crippen LogP contribution >= 0.6 is 0 Å². The third-order valence-electron chi connectivity index (χ3n) is 2.86. The van der Waals surface area contributed by atoms with E-state index < -0.39 is 0 Å².